The molecule has 0 spiro atoms. The number of aryl methyl sites for hydroxylation is 1. The van der Waals surface area contributed by atoms with Crippen LogP contribution in [0, 0.1) is 5.92 Å². The maximum absolute atomic E-state index is 13.2. The van der Waals surface area contributed by atoms with Crippen LogP contribution in [0.3, 0.4) is 0 Å². The van der Waals surface area contributed by atoms with Crippen LogP contribution in [0.2, 0.25) is 5.02 Å². The molecule has 0 unspecified atom stereocenters. The highest BCUT2D eigenvalue weighted by atomic mass is 35.5. The number of carbonyl (C=O) groups excluding carboxylic acids is 2. The Morgan fingerprint density at radius 2 is 1.74 bits per heavy atom. The van der Waals surface area contributed by atoms with Crippen LogP contribution in [0.4, 0.5) is 5.69 Å². The molecule has 2 aromatic carbocycles. The number of hydrogen-bond donors (Lipinski definition) is 2. The van der Waals surface area contributed by atoms with Gasteiger partial charge in [0.15, 0.2) is 0 Å². The second-order valence-electron chi connectivity index (χ2n) is 8.53. The predicted molar refractivity (Wildman–Crippen MR) is 134 cm³/mol. The second-order valence-corrected chi connectivity index (χ2v) is 8.93. The lowest BCUT2D eigenvalue weighted by Crippen LogP contribution is -2.31. The molecule has 0 bridgehead atoms. The van der Waals surface area contributed by atoms with Crippen molar-refractivity contribution in [1.29, 1.82) is 0 Å². The van der Waals surface area contributed by atoms with Crippen molar-refractivity contribution in [1.82, 2.24) is 24.1 Å². The summed E-state index contributed by atoms with van der Waals surface area (Å²) in [5, 5.41) is 10.4. The number of amides is 2. The van der Waals surface area contributed by atoms with E-state index in [9.17, 15) is 19.2 Å². The first kappa shape index (κ1) is 24.2. The van der Waals surface area contributed by atoms with Gasteiger partial charge in [-0.15, -0.1) is 5.10 Å². The number of halogens is 1. The summed E-state index contributed by atoms with van der Waals surface area (Å²) in [5.74, 6) is -0.367. The molecule has 2 amide bonds. The molecule has 4 aromatic rings. The Bertz CT molecular complexity index is 1530. The molecule has 182 valence electrons. The number of aromatic nitrogens is 4. The fourth-order valence-electron chi connectivity index (χ4n) is 3.68. The number of anilines is 1. The summed E-state index contributed by atoms with van der Waals surface area (Å²) in [7, 11) is 0. The van der Waals surface area contributed by atoms with Crippen molar-refractivity contribution in [3.05, 3.63) is 74.4 Å². The van der Waals surface area contributed by atoms with Gasteiger partial charge < -0.3 is 10.6 Å². The molecule has 11 heteroatoms. The Morgan fingerprint density at radius 3 is 2.49 bits per heavy atom. The highest BCUT2D eigenvalue weighted by molar-refractivity contribution is 6.33. The molecule has 35 heavy (non-hydrogen) atoms. The third-order valence-corrected chi connectivity index (χ3v) is 5.73. The number of rotatable bonds is 8. The summed E-state index contributed by atoms with van der Waals surface area (Å²) in [5.41, 5.74) is -0.174. The maximum Gasteiger partial charge on any atom is 0.352 e. The molecule has 4 rings (SSSR count). The average Bonchev–Trinajstić information content (AvgIpc) is 3.14. The van der Waals surface area contributed by atoms with Crippen molar-refractivity contribution >= 4 is 45.8 Å². The van der Waals surface area contributed by atoms with Crippen molar-refractivity contribution in [3.8, 4) is 0 Å². The first-order valence-electron chi connectivity index (χ1n) is 11.2. The van der Waals surface area contributed by atoms with Crippen LogP contribution in [0.1, 0.15) is 20.3 Å². The molecule has 0 saturated carbocycles. The van der Waals surface area contributed by atoms with Gasteiger partial charge in [0, 0.05) is 19.5 Å². The molecular weight excluding hydrogens is 472 g/mol. The van der Waals surface area contributed by atoms with E-state index in [0.29, 0.717) is 34.1 Å². The number of benzene rings is 2. The second kappa shape index (κ2) is 10.1. The maximum atomic E-state index is 13.2. The van der Waals surface area contributed by atoms with Crippen molar-refractivity contribution in [2.45, 2.75) is 33.4 Å². The number of para-hydroxylation sites is 2. The lowest BCUT2D eigenvalue weighted by Gasteiger charge is -2.10. The van der Waals surface area contributed by atoms with Crippen molar-refractivity contribution in [2.24, 2.45) is 5.92 Å². The highest BCUT2D eigenvalue weighted by Gasteiger charge is 2.19. The van der Waals surface area contributed by atoms with Crippen LogP contribution in [-0.4, -0.2) is 37.1 Å². The normalized spacial score (nSPS) is 11.3. The van der Waals surface area contributed by atoms with E-state index in [1.807, 2.05) is 13.8 Å². The molecule has 0 aliphatic heterocycles. The van der Waals surface area contributed by atoms with Gasteiger partial charge in [-0.1, -0.05) is 49.7 Å². The average molecular weight is 497 g/mol. The van der Waals surface area contributed by atoms with E-state index >= 15 is 0 Å². The monoisotopic (exact) mass is 496 g/mol. The Balaban J connectivity index is 1.71. The van der Waals surface area contributed by atoms with Crippen LogP contribution in [0.5, 0.6) is 0 Å². The number of carbonyl (C=O) groups is 2. The van der Waals surface area contributed by atoms with Crippen LogP contribution in [-0.2, 0) is 22.7 Å². The first-order chi connectivity index (χ1) is 16.8. The zero-order valence-electron chi connectivity index (χ0n) is 19.3. The minimum Gasteiger partial charge on any atom is -0.356 e. The van der Waals surface area contributed by atoms with E-state index in [2.05, 4.69) is 15.7 Å². The Kier molecular flexibility index (Phi) is 7.02. The molecule has 0 radical (unpaired) electrons. The largest absolute Gasteiger partial charge is 0.356 e. The quantitative estimate of drug-likeness (QED) is 0.388. The van der Waals surface area contributed by atoms with E-state index in [1.54, 1.807) is 48.5 Å². The molecule has 0 saturated heterocycles. The molecule has 10 nitrogen and oxygen atoms in total. The number of fused-ring (bicyclic) bond motifs is 3. The van der Waals surface area contributed by atoms with Gasteiger partial charge in [-0.05, 0) is 30.2 Å². The molecular formula is C24H25ClN6O4. The highest BCUT2D eigenvalue weighted by Crippen LogP contribution is 2.20. The lowest BCUT2D eigenvalue weighted by molar-refractivity contribution is -0.121. The fraction of sp³-hybridized carbons (Fsp3) is 0.292. The molecule has 0 aliphatic carbocycles. The predicted octanol–water partition coefficient (Wildman–Crippen LogP) is 2.27. The molecule has 2 heterocycles. The zero-order chi connectivity index (χ0) is 25.1. The van der Waals surface area contributed by atoms with Gasteiger partial charge in [0.05, 0.1) is 21.6 Å². The summed E-state index contributed by atoms with van der Waals surface area (Å²) in [6.45, 7) is 4.13. The first-order valence-corrected chi connectivity index (χ1v) is 11.6. The van der Waals surface area contributed by atoms with Crippen LogP contribution < -0.4 is 21.9 Å². The molecule has 2 aromatic heterocycles. The van der Waals surface area contributed by atoms with Crippen molar-refractivity contribution in [2.75, 3.05) is 11.9 Å². The van der Waals surface area contributed by atoms with Gasteiger partial charge in [0.25, 0.3) is 5.56 Å². The topological polar surface area (TPSA) is 120 Å². The van der Waals surface area contributed by atoms with E-state index < -0.39 is 11.6 Å². The minimum atomic E-state index is -0.580. The van der Waals surface area contributed by atoms with E-state index in [4.69, 9.17) is 11.6 Å². The van der Waals surface area contributed by atoms with Gasteiger partial charge in [0.1, 0.15) is 6.54 Å². The number of hydrogen-bond acceptors (Lipinski definition) is 5. The van der Waals surface area contributed by atoms with Crippen LogP contribution in [0.15, 0.2) is 58.1 Å². The molecule has 2 N–H and O–H groups in total. The summed E-state index contributed by atoms with van der Waals surface area (Å²) in [4.78, 5) is 51.3. The standard InChI is InChI=1S/C24H25ClN6O4/c1-15(2)13-26-20(32)11-12-29-22(34)16-7-3-6-10-19(16)31-23(29)28-30(24(31)35)14-21(33)27-18-9-5-4-8-17(18)25/h3-10,15H,11-14H2,1-2H3,(H,26,32)(H,27,33). The third kappa shape index (κ3) is 5.12. The van der Waals surface area contributed by atoms with Crippen LogP contribution >= 0.6 is 11.6 Å². The van der Waals surface area contributed by atoms with Gasteiger partial charge in [0.2, 0.25) is 17.6 Å². The Morgan fingerprint density at radius 1 is 1.03 bits per heavy atom. The molecule has 0 aliphatic rings. The smallest absolute Gasteiger partial charge is 0.352 e. The van der Waals surface area contributed by atoms with Gasteiger partial charge in [-0.25, -0.2) is 13.9 Å². The number of nitrogens with zero attached hydrogens (tertiary/aromatic N) is 4. The summed E-state index contributed by atoms with van der Waals surface area (Å²) in [6, 6.07) is 13.4. The van der Waals surface area contributed by atoms with Gasteiger partial charge in [-0.2, -0.15) is 0 Å². The zero-order valence-corrected chi connectivity index (χ0v) is 20.1. The van der Waals surface area contributed by atoms with Crippen molar-refractivity contribution in [3.63, 3.8) is 0 Å². The molecule has 0 atom stereocenters. The SMILES string of the molecule is CC(C)CNC(=O)CCn1c(=O)c2ccccc2n2c(=O)n(CC(=O)Nc3ccccc3Cl)nc12. The number of nitrogens with one attached hydrogen (secondary N) is 2. The third-order valence-electron chi connectivity index (χ3n) is 5.40. The van der Waals surface area contributed by atoms with E-state index in [0.717, 1.165) is 4.68 Å². The van der Waals surface area contributed by atoms with Gasteiger partial charge in [-0.3, -0.25) is 19.0 Å². The van der Waals surface area contributed by atoms with Crippen LogP contribution in [0.25, 0.3) is 16.7 Å². The Labute approximate surface area is 205 Å². The Hall–Kier alpha value is -3.92. The summed E-state index contributed by atoms with van der Waals surface area (Å²) < 4.78 is 3.56. The lowest BCUT2D eigenvalue weighted by atomic mass is 10.2. The van der Waals surface area contributed by atoms with Gasteiger partial charge >= 0.3 is 5.69 Å². The van der Waals surface area contributed by atoms with Crippen molar-refractivity contribution < 1.29 is 9.59 Å². The van der Waals surface area contributed by atoms with E-state index in [-0.39, 0.29) is 36.8 Å². The summed E-state index contributed by atoms with van der Waals surface area (Å²) in [6.07, 6.45) is 0.0364. The molecule has 0 fully saturated rings. The summed E-state index contributed by atoms with van der Waals surface area (Å²) >= 11 is 6.10. The van der Waals surface area contributed by atoms with E-state index in [1.165, 1.54) is 8.97 Å². The fourth-order valence-corrected chi connectivity index (χ4v) is 3.86. The minimum absolute atomic E-state index is 0.0272.